The molecule has 3 N–H and O–H groups in total. The van der Waals surface area contributed by atoms with Crippen LogP contribution >= 0.6 is 0 Å². The molecule has 0 aromatic carbocycles. The molecule has 1 atom stereocenters. The Morgan fingerprint density at radius 3 is 2.31 bits per heavy atom. The van der Waals surface area contributed by atoms with Gasteiger partial charge in [0.15, 0.2) is 0 Å². The largest absolute Gasteiger partial charge is 0.396 e. The van der Waals surface area contributed by atoms with Crippen molar-refractivity contribution in [1.82, 2.24) is 4.90 Å². The van der Waals surface area contributed by atoms with Crippen LogP contribution in [0, 0.1) is 11.3 Å². The van der Waals surface area contributed by atoms with Crippen LogP contribution in [0.1, 0.15) is 33.6 Å². The predicted octanol–water partition coefficient (Wildman–Crippen LogP) is 0.591. The quantitative estimate of drug-likeness (QED) is 0.727. The molecule has 4 nitrogen and oxygen atoms in total. The van der Waals surface area contributed by atoms with Crippen molar-refractivity contribution < 1.29 is 9.90 Å². The standard InChI is InChI=1S/C12H24N2O2/c1-12(2,3)10(13)11(16)14-6-4-9(8-15)5-7-14/h9-10,15H,4-8,13H2,1-3H3/t10-/m1/s1. The van der Waals surface area contributed by atoms with Crippen molar-refractivity contribution in [2.75, 3.05) is 19.7 Å². The lowest BCUT2D eigenvalue weighted by Gasteiger charge is -2.36. The van der Waals surface area contributed by atoms with E-state index in [0.29, 0.717) is 5.92 Å². The van der Waals surface area contributed by atoms with E-state index < -0.39 is 6.04 Å². The molecule has 0 saturated carbocycles. The first-order valence-electron chi connectivity index (χ1n) is 6.01. The second-order valence-corrected chi connectivity index (χ2v) is 5.79. The third-order valence-electron chi connectivity index (χ3n) is 3.38. The second-order valence-electron chi connectivity index (χ2n) is 5.79. The van der Waals surface area contributed by atoms with E-state index in [-0.39, 0.29) is 17.9 Å². The predicted molar refractivity (Wildman–Crippen MR) is 63.8 cm³/mol. The highest BCUT2D eigenvalue weighted by Crippen LogP contribution is 2.22. The van der Waals surface area contributed by atoms with Crippen molar-refractivity contribution in [3.63, 3.8) is 0 Å². The van der Waals surface area contributed by atoms with Crippen LogP contribution < -0.4 is 5.73 Å². The summed E-state index contributed by atoms with van der Waals surface area (Å²) in [4.78, 5) is 13.9. The van der Waals surface area contributed by atoms with Gasteiger partial charge >= 0.3 is 0 Å². The minimum Gasteiger partial charge on any atom is -0.396 e. The zero-order valence-corrected chi connectivity index (χ0v) is 10.6. The molecular weight excluding hydrogens is 204 g/mol. The molecule has 94 valence electrons. The summed E-state index contributed by atoms with van der Waals surface area (Å²) in [6, 6.07) is -0.432. The van der Waals surface area contributed by atoms with Gasteiger partial charge in [-0.05, 0) is 24.2 Å². The Morgan fingerprint density at radius 1 is 1.44 bits per heavy atom. The fourth-order valence-electron chi connectivity index (χ4n) is 1.90. The number of piperidine rings is 1. The number of carbonyl (C=O) groups is 1. The Hall–Kier alpha value is -0.610. The molecule has 0 bridgehead atoms. The minimum absolute atomic E-state index is 0.0453. The number of carbonyl (C=O) groups excluding carboxylic acids is 1. The molecule has 1 rings (SSSR count). The molecule has 1 saturated heterocycles. The lowest BCUT2D eigenvalue weighted by molar-refractivity contribution is -0.136. The van der Waals surface area contributed by atoms with Gasteiger partial charge in [-0.25, -0.2) is 0 Å². The van der Waals surface area contributed by atoms with E-state index in [9.17, 15) is 4.79 Å². The molecule has 0 aromatic heterocycles. The van der Waals surface area contributed by atoms with Crippen LogP contribution in [0.25, 0.3) is 0 Å². The van der Waals surface area contributed by atoms with E-state index >= 15 is 0 Å². The fraction of sp³-hybridized carbons (Fsp3) is 0.917. The number of amides is 1. The van der Waals surface area contributed by atoms with Crippen molar-refractivity contribution in [3.05, 3.63) is 0 Å². The highest BCUT2D eigenvalue weighted by atomic mass is 16.3. The first kappa shape index (κ1) is 13.5. The van der Waals surface area contributed by atoms with Crippen molar-refractivity contribution in [3.8, 4) is 0 Å². The third kappa shape index (κ3) is 3.19. The van der Waals surface area contributed by atoms with Crippen LogP contribution in [0.4, 0.5) is 0 Å². The van der Waals surface area contributed by atoms with Gasteiger partial charge in [0, 0.05) is 19.7 Å². The normalized spacial score (nSPS) is 20.9. The molecule has 1 heterocycles. The van der Waals surface area contributed by atoms with Gasteiger partial charge in [-0.2, -0.15) is 0 Å². The number of nitrogens with two attached hydrogens (primary N) is 1. The molecule has 4 heteroatoms. The van der Waals surface area contributed by atoms with Gasteiger partial charge in [0.05, 0.1) is 6.04 Å². The first-order valence-corrected chi connectivity index (χ1v) is 6.01. The summed E-state index contributed by atoms with van der Waals surface area (Å²) in [5.74, 6) is 0.402. The minimum atomic E-state index is -0.432. The van der Waals surface area contributed by atoms with Gasteiger partial charge in [0.2, 0.25) is 5.91 Å². The Kier molecular flexibility index (Phi) is 4.33. The fourth-order valence-corrected chi connectivity index (χ4v) is 1.90. The highest BCUT2D eigenvalue weighted by Gasteiger charge is 2.32. The highest BCUT2D eigenvalue weighted by molar-refractivity contribution is 5.82. The average molecular weight is 228 g/mol. The number of aliphatic hydroxyl groups is 1. The topological polar surface area (TPSA) is 66.6 Å². The molecular formula is C12H24N2O2. The molecule has 1 fully saturated rings. The van der Waals surface area contributed by atoms with E-state index in [1.165, 1.54) is 0 Å². The molecule has 0 unspecified atom stereocenters. The number of likely N-dealkylation sites (tertiary alicyclic amines) is 1. The monoisotopic (exact) mass is 228 g/mol. The molecule has 0 aromatic rings. The van der Waals surface area contributed by atoms with Gasteiger partial charge in [-0.1, -0.05) is 20.8 Å². The zero-order valence-electron chi connectivity index (χ0n) is 10.6. The van der Waals surface area contributed by atoms with Gasteiger partial charge in [-0.15, -0.1) is 0 Å². The summed E-state index contributed by atoms with van der Waals surface area (Å²) in [5, 5.41) is 9.03. The van der Waals surface area contributed by atoms with Gasteiger partial charge in [0.1, 0.15) is 0 Å². The lowest BCUT2D eigenvalue weighted by atomic mass is 9.86. The van der Waals surface area contributed by atoms with E-state index in [1.54, 1.807) is 0 Å². The van der Waals surface area contributed by atoms with E-state index in [2.05, 4.69) is 0 Å². The average Bonchev–Trinajstić information content (AvgIpc) is 2.26. The summed E-state index contributed by atoms with van der Waals surface area (Å²) in [7, 11) is 0. The van der Waals surface area contributed by atoms with Crippen molar-refractivity contribution >= 4 is 5.91 Å². The SMILES string of the molecule is CC(C)(C)[C@H](N)C(=O)N1CCC(CO)CC1. The van der Waals surface area contributed by atoms with Gasteiger partial charge in [0.25, 0.3) is 0 Å². The number of hydrogen-bond acceptors (Lipinski definition) is 3. The van der Waals surface area contributed by atoms with Crippen LogP contribution in [-0.2, 0) is 4.79 Å². The molecule has 1 amide bonds. The van der Waals surface area contributed by atoms with Crippen LogP contribution in [0.5, 0.6) is 0 Å². The van der Waals surface area contributed by atoms with Crippen LogP contribution in [0.15, 0.2) is 0 Å². The summed E-state index contributed by atoms with van der Waals surface area (Å²) in [5.41, 5.74) is 5.76. The molecule has 0 aliphatic carbocycles. The Bertz CT molecular complexity index is 240. The maximum Gasteiger partial charge on any atom is 0.240 e. The zero-order chi connectivity index (χ0) is 12.3. The molecule has 1 aliphatic rings. The second kappa shape index (κ2) is 5.15. The summed E-state index contributed by atoms with van der Waals surface area (Å²) in [6.45, 7) is 7.64. The van der Waals surface area contributed by atoms with Gasteiger partial charge in [-0.3, -0.25) is 4.79 Å². The molecule has 1 aliphatic heterocycles. The summed E-state index contributed by atoms with van der Waals surface area (Å²) in [6.07, 6.45) is 1.78. The van der Waals surface area contributed by atoms with E-state index in [1.807, 2.05) is 25.7 Å². The Morgan fingerprint density at radius 2 is 1.94 bits per heavy atom. The number of rotatable bonds is 2. The van der Waals surface area contributed by atoms with Crippen LogP contribution in [0.3, 0.4) is 0 Å². The van der Waals surface area contributed by atoms with Crippen molar-refractivity contribution in [2.24, 2.45) is 17.1 Å². The third-order valence-corrected chi connectivity index (χ3v) is 3.38. The van der Waals surface area contributed by atoms with Crippen molar-refractivity contribution in [2.45, 2.75) is 39.7 Å². The van der Waals surface area contributed by atoms with E-state index in [4.69, 9.17) is 10.8 Å². The molecule has 0 spiro atoms. The smallest absolute Gasteiger partial charge is 0.240 e. The number of aliphatic hydroxyl groups excluding tert-OH is 1. The van der Waals surface area contributed by atoms with Crippen LogP contribution in [-0.4, -0.2) is 41.7 Å². The first-order chi connectivity index (χ1) is 7.36. The summed E-state index contributed by atoms with van der Waals surface area (Å²) < 4.78 is 0. The van der Waals surface area contributed by atoms with Crippen LogP contribution in [0.2, 0.25) is 0 Å². The number of hydrogen-bond donors (Lipinski definition) is 2. The maximum absolute atomic E-state index is 12.1. The molecule has 0 radical (unpaired) electrons. The Labute approximate surface area is 97.8 Å². The van der Waals surface area contributed by atoms with E-state index in [0.717, 1.165) is 25.9 Å². The number of nitrogens with zero attached hydrogens (tertiary/aromatic N) is 1. The molecule has 16 heavy (non-hydrogen) atoms. The maximum atomic E-state index is 12.1. The lowest BCUT2D eigenvalue weighted by Crippen LogP contribution is -2.52. The van der Waals surface area contributed by atoms with Crippen molar-refractivity contribution in [1.29, 1.82) is 0 Å². The Balaban J connectivity index is 2.51. The summed E-state index contributed by atoms with van der Waals surface area (Å²) >= 11 is 0. The van der Waals surface area contributed by atoms with Gasteiger partial charge < -0.3 is 15.7 Å².